The van der Waals surface area contributed by atoms with Crippen molar-refractivity contribution in [1.29, 1.82) is 0 Å². The number of benzene rings is 1. The van der Waals surface area contributed by atoms with Gasteiger partial charge in [-0.05, 0) is 45.4 Å². The first-order valence-corrected chi connectivity index (χ1v) is 10.4. The van der Waals surface area contributed by atoms with E-state index in [0.29, 0.717) is 23.8 Å². The highest BCUT2D eigenvalue weighted by Crippen LogP contribution is 2.38. The summed E-state index contributed by atoms with van der Waals surface area (Å²) in [5.41, 5.74) is 0.971. The van der Waals surface area contributed by atoms with Gasteiger partial charge in [0.2, 0.25) is 5.75 Å². The van der Waals surface area contributed by atoms with Crippen molar-refractivity contribution in [2.45, 2.75) is 52.0 Å². The zero-order valence-electron chi connectivity index (χ0n) is 20.1. The van der Waals surface area contributed by atoms with Crippen LogP contribution in [0.3, 0.4) is 0 Å². The Morgan fingerprint density at radius 2 is 1.61 bits per heavy atom. The van der Waals surface area contributed by atoms with Crippen LogP contribution in [-0.2, 0) is 11.3 Å². The van der Waals surface area contributed by atoms with Gasteiger partial charge in [-0.3, -0.25) is 9.89 Å². The minimum Gasteiger partial charge on any atom is -0.493 e. The molecule has 9 heteroatoms. The molecule has 0 amide bonds. The lowest BCUT2D eigenvalue weighted by Gasteiger charge is -2.45. The van der Waals surface area contributed by atoms with Gasteiger partial charge in [-0.2, -0.15) is 0 Å². The molecule has 2 N–H and O–H groups in total. The number of hydrogen-bond donors (Lipinski definition) is 2. The van der Waals surface area contributed by atoms with Gasteiger partial charge in [0, 0.05) is 38.8 Å². The van der Waals surface area contributed by atoms with Crippen molar-refractivity contribution in [2.24, 2.45) is 4.99 Å². The fourth-order valence-electron chi connectivity index (χ4n) is 3.73. The molecule has 0 bridgehead atoms. The highest BCUT2D eigenvalue weighted by atomic mass is 127. The number of hydrogen-bond acceptors (Lipinski definition) is 6. The van der Waals surface area contributed by atoms with Crippen LogP contribution in [0.15, 0.2) is 17.1 Å². The van der Waals surface area contributed by atoms with Crippen LogP contribution in [0.5, 0.6) is 17.2 Å². The Hall–Kier alpha value is -1.46. The molecule has 2 atom stereocenters. The van der Waals surface area contributed by atoms with Crippen molar-refractivity contribution in [3.63, 3.8) is 0 Å². The van der Waals surface area contributed by atoms with E-state index in [9.17, 15) is 0 Å². The highest BCUT2D eigenvalue weighted by Gasteiger charge is 2.33. The van der Waals surface area contributed by atoms with E-state index < -0.39 is 0 Å². The Morgan fingerprint density at radius 1 is 1.06 bits per heavy atom. The third-order valence-electron chi connectivity index (χ3n) is 5.37. The van der Waals surface area contributed by atoms with Gasteiger partial charge in [-0.1, -0.05) is 0 Å². The number of rotatable bonds is 8. The van der Waals surface area contributed by atoms with E-state index in [-0.39, 0.29) is 41.7 Å². The number of aliphatic imine (C=N–C) groups is 1. The maximum absolute atomic E-state index is 5.87. The fourth-order valence-corrected chi connectivity index (χ4v) is 3.73. The van der Waals surface area contributed by atoms with Crippen molar-refractivity contribution < 1.29 is 18.9 Å². The van der Waals surface area contributed by atoms with Gasteiger partial charge in [-0.25, -0.2) is 0 Å². The first kappa shape index (κ1) is 27.6. The summed E-state index contributed by atoms with van der Waals surface area (Å²) in [7, 11) is 6.60. The van der Waals surface area contributed by atoms with Crippen molar-refractivity contribution in [2.75, 3.05) is 48.0 Å². The first-order chi connectivity index (χ1) is 14.2. The Balaban J connectivity index is 0.00000480. The highest BCUT2D eigenvalue weighted by molar-refractivity contribution is 14.0. The normalized spacial score (nSPS) is 19.9. The lowest BCUT2D eigenvalue weighted by molar-refractivity contribution is -0.0946. The second-order valence-electron chi connectivity index (χ2n) is 8.29. The van der Waals surface area contributed by atoms with Gasteiger partial charge < -0.3 is 29.6 Å². The number of nitrogens with one attached hydrogen (secondary N) is 2. The SMILES string of the molecule is CN=C(NCc1cc(OC)c(OC)c(OC)c1)NCC(C)(C)N1CC(C)OC(C)C1.I. The van der Waals surface area contributed by atoms with Crippen LogP contribution in [0, 0.1) is 0 Å². The monoisotopic (exact) mass is 550 g/mol. The van der Waals surface area contributed by atoms with E-state index in [2.05, 4.69) is 48.2 Å². The molecule has 2 rings (SSSR count). The molecule has 0 aliphatic carbocycles. The smallest absolute Gasteiger partial charge is 0.203 e. The molecule has 0 saturated carbocycles. The summed E-state index contributed by atoms with van der Waals surface area (Å²) < 4.78 is 22.1. The van der Waals surface area contributed by atoms with Gasteiger partial charge in [0.25, 0.3) is 0 Å². The van der Waals surface area contributed by atoms with Gasteiger partial charge in [-0.15, -0.1) is 24.0 Å². The Kier molecular flexibility index (Phi) is 11.2. The predicted octanol–water partition coefficient (Wildman–Crippen LogP) is 2.88. The summed E-state index contributed by atoms with van der Waals surface area (Å²) >= 11 is 0. The number of morpholine rings is 1. The van der Waals surface area contributed by atoms with Gasteiger partial charge in [0.1, 0.15) is 0 Å². The molecule has 2 unspecified atom stereocenters. The third-order valence-corrected chi connectivity index (χ3v) is 5.37. The summed E-state index contributed by atoms with van der Waals surface area (Å²) in [5.74, 6) is 2.59. The number of methoxy groups -OCH3 is 3. The van der Waals surface area contributed by atoms with E-state index in [0.717, 1.165) is 31.2 Å². The zero-order chi connectivity index (χ0) is 22.3. The quantitative estimate of drug-likeness (QED) is 0.293. The molecular formula is C22H39IN4O4. The van der Waals surface area contributed by atoms with Crippen LogP contribution in [0.2, 0.25) is 0 Å². The number of halogens is 1. The van der Waals surface area contributed by atoms with E-state index in [1.807, 2.05) is 12.1 Å². The molecule has 1 heterocycles. The summed E-state index contributed by atoms with van der Waals surface area (Å²) in [4.78, 5) is 6.84. The second kappa shape index (κ2) is 12.5. The van der Waals surface area contributed by atoms with Crippen LogP contribution in [0.4, 0.5) is 0 Å². The van der Waals surface area contributed by atoms with Gasteiger partial charge in [0.05, 0.1) is 33.5 Å². The maximum atomic E-state index is 5.87. The van der Waals surface area contributed by atoms with Crippen LogP contribution in [0.25, 0.3) is 0 Å². The summed E-state index contributed by atoms with van der Waals surface area (Å²) in [6.07, 6.45) is 0.482. The Morgan fingerprint density at radius 3 is 2.06 bits per heavy atom. The Labute approximate surface area is 204 Å². The van der Waals surface area contributed by atoms with Gasteiger partial charge in [0.15, 0.2) is 17.5 Å². The van der Waals surface area contributed by atoms with Crippen LogP contribution in [0.1, 0.15) is 33.3 Å². The van der Waals surface area contributed by atoms with Crippen LogP contribution in [-0.4, -0.2) is 76.6 Å². The second-order valence-corrected chi connectivity index (χ2v) is 8.29. The zero-order valence-corrected chi connectivity index (χ0v) is 22.4. The molecule has 0 spiro atoms. The van der Waals surface area contributed by atoms with E-state index in [1.165, 1.54) is 0 Å². The fraction of sp³-hybridized carbons (Fsp3) is 0.682. The predicted molar refractivity (Wildman–Crippen MR) is 135 cm³/mol. The van der Waals surface area contributed by atoms with E-state index in [4.69, 9.17) is 18.9 Å². The van der Waals surface area contributed by atoms with Crippen molar-refractivity contribution in [3.8, 4) is 17.2 Å². The average molecular weight is 550 g/mol. The molecule has 178 valence electrons. The lowest BCUT2D eigenvalue weighted by atomic mass is 10.00. The molecule has 1 aliphatic heterocycles. The molecular weight excluding hydrogens is 511 g/mol. The Bertz CT molecular complexity index is 694. The molecule has 1 aliphatic rings. The van der Waals surface area contributed by atoms with E-state index >= 15 is 0 Å². The summed E-state index contributed by atoms with van der Waals surface area (Å²) in [6, 6.07) is 3.87. The molecule has 1 aromatic rings. The molecule has 8 nitrogen and oxygen atoms in total. The minimum atomic E-state index is -0.0313. The third kappa shape index (κ3) is 7.57. The van der Waals surface area contributed by atoms with Crippen LogP contribution >= 0.6 is 24.0 Å². The van der Waals surface area contributed by atoms with Crippen molar-refractivity contribution >= 4 is 29.9 Å². The minimum absolute atomic E-state index is 0. The lowest BCUT2D eigenvalue weighted by Crippen LogP contribution is -2.59. The molecule has 1 fully saturated rings. The average Bonchev–Trinajstić information content (AvgIpc) is 2.72. The maximum Gasteiger partial charge on any atom is 0.203 e. The standard InChI is InChI=1S/C22H38N4O4.HI/c1-15-12-26(13-16(2)30-15)22(3,4)14-25-21(23-5)24-11-17-9-18(27-6)20(29-8)19(10-17)28-7;/h9-10,15-16H,11-14H2,1-8H3,(H2,23,24,25);1H. The number of nitrogens with zero attached hydrogens (tertiary/aromatic N) is 2. The largest absolute Gasteiger partial charge is 0.493 e. The molecule has 0 aromatic heterocycles. The van der Waals surface area contributed by atoms with Gasteiger partial charge >= 0.3 is 0 Å². The first-order valence-electron chi connectivity index (χ1n) is 10.4. The van der Waals surface area contributed by atoms with Crippen LogP contribution < -0.4 is 24.8 Å². The topological polar surface area (TPSA) is 76.6 Å². The number of guanidine groups is 1. The van der Waals surface area contributed by atoms with E-state index in [1.54, 1.807) is 28.4 Å². The molecule has 1 aromatic carbocycles. The van der Waals surface area contributed by atoms with Crippen molar-refractivity contribution in [1.82, 2.24) is 15.5 Å². The summed E-state index contributed by atoms with van der Waals surface area (Å²) in [5, 5.41) is 6.82. The molecule has 1 saturated heterocycles. The number of ether oxygens (including phenoxy) is 4. The summed E-state index contributed by atoms with van der Waals surface area (Å²) in [6.45, 7) is 11.9. The molecule has 0 radical (unpaired) electrons. The molecule has 31 heavy (non-hydrogen) atoms. The van der Waals surface area contributed by atoms with Crippen molar-refractivity contribution in [3.05, 3.63) is 17.7 Å².